The highest BCUT2D eigenvalue weighted by Gasteiger charge is 2.17. The van der Waals surface area contributed by atoms with Crippen LogP contribution in [0.15, 0.2) is 39.5 Å². The molecule has 0 atom stereocenters. The van der Waals surface area contributed by atoms with Crippen LogP contribution in [0.3, 0.4) is 0 Å². The number of ether oxygens (including phenoxy) is 1. The summed E-state index contributed by atoms with van der Waals surface area (Å²) in [6, 6.07) is 6.24. The van der Waals surface area contributed by atoms with E-state index in [1.807, 2.05) is 12.3 Å². The quantitative estimate of drug-likeness (QED) is 0.864. The molecule has 19 heavy (non-hydrogen) atoms. The molecule has 1 aromatic carbocycles. The zero-order valence-corrected chi connectivity index (χ0v) is 13.3. The fraction of sp³-hybridized carbons (Fsp3) is 0.214. The molecule has 1 aliphatic rings. The molecule has 1 aliphatic heterocycles. The maximum Gasteiger partial charge on any atom is 0.127 e. The van der Waals surface area contributed by atoms with Gasteiger partial charge in [-0.25, -0.2) is 0 Å². The third-order valence-corrected chi connectivity index (χ3v) is 3.90. The van der Waals surface area contributed by atoms with Crippen molar-refractivity contribution >= 4 is 37.5 Å². The summed E-state index contributed by atoms with van der Waals surface area (Å²) in [5.41, 5.74) is 3.43. The van der Waals surface area contributed by atoms with E-state index >= 15 is 0 Å². The van der Waals surface area contributed by atoms with Gasteiger partial charge in [0, 0.05) is 33.7 Å². The Labute approximate surface area is 128 Å². The Kier molecular flexibility index (Phi) is 3.75. The van der Waals surface area contributed by atoms with Crippen LogP contribution >= 0.6 is 31.9 Å². The van der Waals surface area contributed by atoms with Crippen LogP contribution in [0.5, 0.6) is 5.75 Å². The first-order valence-corrected chi connectivity index (χ1v) is 7.59. The van der Waals surface area contributed by atoms with Crippen LogP contribution in [-0.4, -0.2) is 11.6 Å². The minimum Gasteiger partial charge on any atom is -0.493 e. The third-order valence-electron chi connectivity index (χ3n) is 3.01. The van der Waals surface area contributed by atoms with Crippen LogP contribution in [0.25, 0.3) is 0 Å². The molecule has 3 rings (SSSR count). The van der Waals surface area contributed by atoms with E-state index in [2.05, 4.69) is 54.3 Å². The van der Waals surface area contributed by atoms with Gasteiger partial charge in [-0.15, -0.1) is 0 Å². The van der Waals surface area contributed by atoms with E-state index in [4.69, 9.17) is 4.74 Å². The lowest BCUT2D eigenvalue weighted by Gasteiger charge is -2.11. The molecule has 5 heteroatoms. The van der Waals surface area contributed by atoms with Crippen LogP contribution in [0.1, 0.15) is 11.1 Å². The van der Waals surface area contributed by atoms with Gasteiger partial charge in [-0.05, 0) is 39.7 Å². The predicted octanol–water partition coefficient (Wildman–Crippen LogP) is 4.15. The second-order valence-electron chi connectivity index (χ2n) is 4.40. The zero-order valence-electron chi connectivity index (χ0n) is 10.1. The number of aromatic nitrogens is 1. The highest BCUT2D eigenvalue weighted by atomic mass is 79.9. The first-order chi connectivity index (χ1) is 9.22. The van der Waals surface area contributed by atoms with Crippen LogP contribution in [-0.2, 0) is 13.0 Å². The minimum absolute atomic E-state index is 0.722. The lowest BCUT2D eigenvalue weighted by Crippen LogP contribution is -2.02. The van der Waals surface area contributed by atoms with Crippen molar-refractivity contribution in [2.24, 2.45) is 0 Å². The van der Waals surface area contributed by atoms with Gasteiger partial charge in [-0.3, -0.25) is 4.98 Å². The number of hydrogen-bond acceptors (Lipinski definition) is 3. The molecule has 0 spiro atoms. The van der Waals surface area contributed by atoms with Gasteiger partial charge in [0.05, 0.1) is 18.5 Å². The lowest BCUT2D eigenvalue weighted by atomic mass is 10.1. The fourth-order valence-electron chi connectivity index (χ4n) is 2.18. The number of rotatable bonds is 3. The third kappa shape index (κ3) is 2.92. The van der Waals surface area contributed by atoms with Crippen molar-refractivity contribution in [2.75, 3.05) is 11.9 Å². The lowest BCUT2D eigenvalue weighted by molar-refractivity contribution is 0.354. The predicted molar refractivity (Wildman–Crippen MR) is 82.6 cm³/mol. The van der Waals surface area contributed by atoms with Crippen molar-refractivity contribution in [3.05, 3.63) is 50.7 Å². The Balaban J connectivity index is 1.81. The highest BCUT2D eigenvalue weighted by Crippen LogP contribution is 2.33. The first kappa shape index (κ1) is 12.9. The van der Waals surface area contributed by atoms with E-state index in [9.17, 15) is 0 Å². The van der Waals surface area contributed by atoms with Crippen molar-refractivity contribution in [3.63, 3.8) is 0 Å². The van der Waals surface area contributed by atoms with Gasteiger partial charge in [0.2, 0.25) is 0 Å². The average Bonchev–Trinajstić information content (AvgIpc) is 2.84. The number of fused-ring (bicyclic) bond motifs is 1. The molecule has 1 N–H and O–H groups in total. The number of anilines is 1. The molecule has 0 unspecified atom stereocenters. The summed E-state index contributed by atoms with van der Waals surface area (Å²) in [5.74, 6) is 1.03. The smallest absolute Gasteiger partial charge is 0.127 e. The number of nitrogens with zero attached hydrogens (tertiary/aromatic N) is 1. The van der Waals surface area contributed by atoms with E-state index in [0.29, 0.717) is 0 Å². The van der Waals surface area contributed by atoms with Gasteiger partial charge >= 0.3 is 0 Å². The molecule has 1 aromatic heterocycles. The zero-order chi connectivity index (χ0) is 13.2. The van der Waals surface area contributed by atoms with Gasteiger partial charge in [-0.2, -0.15) is 0 Å². The maximum atomic E-state index is 5.71. The molecule has 0 saturated heterocycles. The highest BCUT2D eigenvalue weighted by molar-refractivity contribution is 9.10. The molecular formula is C14H12Br2N2O. The molecule has 0 fully saturated rings. The van der Waals surface area contributed by atoms with Crippen molar-refractivity contribution in [1.82, 2.24) is 4.98 Å². The summed E-state index contributed by atoms with van der Waals surface area (Å²) in [4.78, 5) is 4.14. The molecule has 0 aliphatic carbocycles. The largest absolute Gasteiger partial charge is 0.493 e. The summed E-state index contributed by atoms with van der Waals surface area (Å²) < 4.78 is 7.78. The first-order valence-electron chi connectivity index (χ1n) is 6.01. The number of benzene rings is 1. The average molecular weight is 384 g/mol. The summed E-state index contributed by atoms with van der Waals surface area (Å²) >= 11 is 6.97. The minimum atomic E-state index is 0.722. The normalized spacial score (nSPS) is 12.9. The van der Waals surface area contributed by atoms with Gasteiger partial charge in [0.15, 0.2) is 0 Å². The second-order valence-corrected chi connectivity index (χ2v) is 6.23. The SMILES string of the molecule is Brc1cncc(NCc2cc(Br)cc3c2OCC3)c1. The van der Waals surface area contributed by atoms with Crippen LogP contribution in [0, 0.1) is 0 Å². The molecule has 0 amide bonds. The van der Waals surface area contributed by atoms with Crippen molar-refractivity contribution in [3.8, 4) is 5.75 Å². The number of halogens is 2. The van der Waals surface area contributed by atoms with E-state index in [0.717, 1.165) is 40.0 Å². The van der Waals surface area contributed by atoms with Crippen molar-refractivity contribution in [1.29, 1.82) is 0 Å². The Morgan fingerprint density at radius 1 is 1.16 bits per heavy atom. The molecule has 0 radical (unpaired) electrons. The Hall–Kier alpha value is -1.07. The summed E-state index contributed by atoms with van der Waals surface area (Å²) in [6.45, 7) is 1.50. The van der Waals surface area contributed by atoms with E-state index in [1.165, 1.54) is 11.1 Å². The van der Waals surface area contributed by atoms with Crippen LogP contribution in [0.2, 0.25) is 0 Å². The Bertz CT molecular complexity index is 616. The topological polar surface area (TPSA) is 34.2 Å². The van der Waals surface area contributed by atoms with Gasteiger partial charge < -0.3 is 10.1 Å². The maximum absolute atomic E-state index is 5.71. The monoisotopic (exact) mass is 382 g/mol. The molecule has 0 bridgehead atoms. The Morgan fingerprint density at radius 2 is 2.05 bits per heavy atom. The Morgan fingerprint density at radius 3 is 2.89 bits per heavy atom. The van der Waals surface area contributed by atoms with Gasteiger partial charge in [0.1, 0.15) is 5.75 Å². The van der Waals surface area contributed by atoms with Gasteiger partial charge in [-0.1, -0.05) is 15.9 Å². The van der Waals surface area contributed by atoms with Crippen LogP contribution < -0.4 is 10.1 Å². The number of hydrogen-bond donors (Lipinski definition) is 1. The summed E-state index contributed by atoms with van der Waals surface area (Å²) in [5, 5.41) is 3.37. The second kappa shape index (κ2) is 5.51. The summed E-state index contributed by atoms with van der Waals surface area (Å²) in [7, 11) is 0. The van der Waals surface area contributed by atoms with Gasteiger partial charge in [0.25, 0.3) is 0 Å². The van der Waals surface area contributed by atoms with Crippen molar-refractivity contribution in [2.45, 2.75) is 13.0 Å². The molecule has 0 saturated carbocycles. The van der Waals surface area contributed by atoms with Crippen LogP contribution in [0.4, 0.5) is 5.69 Å². The van der Waals surface area contributed by atoms with E-state index in [1.54, 1.807) is 6.20 Å². The van der Waals surface area contributed by atoms with E-state index < -0.39 is 0 Å². The number of pyridine rings is 1. The molecular weight excluding hydrogens is 372 g/mol. The standard InChI is InChI=1S/C14H12Br2N2O/c15-11-3-9-1-2-19-14(9)10(4-11)6-18-13-5-12(16)7-17-8-13/h3-5,7-8,18H,1-2,6H2. The molecule has 98 valence electrons. The summed E-state index contributed by atoms with van der Waals surface area (Å²) in [6.07, 6.45) is 4.56. The van der Waals surface area contributed by atoms with E-state index in [-0.39, 0.29) is 0 Å². The molecule has 2 heterocycles. The molecule has 3 nitrogen and oxygen atoms in total. The molecule has 2 aromatic rings. The van der Waals surface area contributed by atoms with Crippen molar-refractivity contribution < 1.29 is 4.74 Å². The number of nitrogens with one attached hydrogen (secondary N) is 1. The fourth-order valence-corrected chi connectivity index (χ4v) is 3.10.